The van der Waals surface area contributed by atoms with Gasteiger partial charge in [0.15, 0.2) is 28.1 Å². The zero-order chi connectivity index (χ0) is 20.9. The molecule has 1 fully saturated rings. The van der Waals surface area contributed by atoms with Gasteiger partial charge in [0, 0.05) is 17.7 Å². The van der Waals surface area contributed by atoms with Crippen LogP contribution in [0.4, 0.5) is 5.69 Å². The van der Waals surface area contributed by atoms with Crippen molar-refractivity contribution in [1.82, 2.24) is 4.90 Å². The first-order valence-corrected chi connectivity index (χ1v) is 10.1. The molecular weight excluding hydrogens is 400 g/mol. The second kappa shape index (κ2) is 6.88. The van der Waals surface area contributed by atoms with E-state index in [1.54, 1.807) is 24.1 Å². The third-order valence-electron chi connectivity index (χ3n) is 5.63. The Morgan fingerprint density at radius 2 is 1.93 bits per heavy atom. The van der Waals surface area contributed by atoms with Gasteiger partial charge >= 0.3 is 0 Å². The Kier molecular flexibility index (Phi) is 4.29. The zero-order valence-electron chi connectivity index (χ0n) is 16.6. The van der Waals surface area contributed by atoms with Crippen molar-refractivity contribution in [3.8, 4) is 11.5 Å². The van der Waals surface area contributed by atoms with Gasteiger partial charge in [-0.15, -0.1) is 0 Å². The summed E-state index contributed by atoms with van der Waals surface area (Å²) < 4.78 is 17.5. The average molecular weight is 420 g/mol. The van der Waals surface area contributed by atoms with Crippen molar-refractivity contribution in [2.75, 3.05) is 12.0 Å². The lowest BCUT2D eigenvalue weighted by molar-refractivity contribution is 0.0152. The number of anilines is 1. The molecule has 3 aromatic rings. The fraction of sp³-hybridized carbons (Fsp3) is 0.217. The minimum absolute atomic E-state index is 0.241. The van der Waals surface area contributed by atoms with Gasteiger partial charge in [0.2, 0.25) is 0 Å². The smallest absolute Gasteiger partial charge is 0.296 e. The van der Waals surface area contributed by atoms with E-state index in [2.05, 4.69) is 0 Å². The Morgan fingerprint density at radius 1 is 1.13 bits per heavy atom. The summed E-state index contributed by atoms with van der Waals surface area (Å²) in [5.41, 5.74) is 0.922. The molecule has 7 heteroatoms. The molecule has 0 spiro atoms. The Bertz CT molecular complexity index is 1120. The molecule has 30 heavy (non-hydrogen) atoms. The van der Waals surface area contributed by atoms with Crippen LogP contribution in [0.2, 0.25) is 0 Å². The van der Waals surface area contributed by atoms with E-state index >= 15 is 0 Å². The lowest BCUT2D eigenvalue weighted by atomic mass is 9.88. The van der Waals surface area contributed by atoms with Gasteiger partial charge in [0.25, 0.3) is 5.91 Å². The highest BCUT2D eigenvalue weighted by atomic mass is 32.1. The van der Waals surface area contributed by atoms with E-state index in [-0.39, 0.29) is 17.7 Å². The summed E-state index contributed by atoms with van der Waals surface area (Å²) in [5, 5.41) is 0.370. The Morgan fingerprint density at radius 3 is 2.63 bits per heavy atom. The maximum atomic E-state index is 13.5. The minimum atomic E-state index is -0.787. The number of para-hydroxylation sites is 2. The van der Waals surface area contributed by atoms with Crippen molar-refractivity contribution in [2.45, 2.75) is 25.1 Å². The van der Waals surface area contributed by atoms with Crippen LogP contribution in [-0.4, -0.2) is 28.8 Å². The molecule has 2 aromatic carbocycles. The number of carbonyl (C=O) groups excluding carboxylic acids is 1. The van der Waals surface area contributed by atoms with Crippen LogP contribution < -0.4 is 14.4 Å². The van der Waals surface area contributed by atoms with E-state index in [0.717, 1.165) is 11.3 Å². The number of methoxy groups -OCH3 is 1. The summed E-state index contributed by atoms with van der Waals surface area (Å²) in [6, 6.07) is 18.4. The monoisotopic (exact) mass is 420 g/mol. The molecule has 6 nitrogen and oxygen atoms in total. The van der Waals surface area contributed by atoms with Gasteiger partial charge in [0.1, 0.15) is 0 Å². The van der Waals surface area contributed by atoms with Crippen molar-refractivity contribution in [2.24, 2.45) is 0 Å². The lowest BCUT2D eigenvalue weighted by Crippen LogP contribution is -2.67. The van der Waals surface area contributed by atoms with Crippen LogP contribution in [0.1, 0.15) is 35.5 Å². The maximum absolute atomic E-state index is 13.5. The number of thiocarbonyl (C=S) groups is 1. The average Bonchev–Trinajstić information content (AvgIpc) is 3.28. The van der Waals surface area contributed by atoms with E-state index in [4.69, 9.17) is 26.1 Å². The van der Waals surface area contributed by atoms with Crippen LogP contribution in [0.3, 0.4) is 0 Å². The van der Waals surface area contributed by atoms with Gasteiger partial charge in [-0.05, 0) is 49.5 Å². The number of hydrogen-bond donors (Lipinski definition) is 0. The Hall–Kier alpha value is -3.32. The number of ether oxygens (including phenoxy) is 2. The number of benzene rings is 2. The second-order valence-corrected chi connectivity index (χ2v) is 7.85. The van der Waals surface area contributed by atoms with E-state index in [0.29, 0.717) is 23.0 Å². The highest BCUT2D eigenvalue weighted by Gasteiger charge is 2.54. The summed E-state index contributed by atoms with van der Waals surface area (Å²) in [6.45, 7) is 1.99. The number of rotatable bonds is 3. The first kappa shape index (κ1) is 18.7. The molecule has 0 aliphatic carbocycles. The molecule has 5 rings (SSSR count). The molecule has 2 atom stereocenters. The van der Waals surface area contributed by atoms with Gasteiger partial charge in [-0.3, -0.25) is 14.6 Å². The summed E-state index contributed by atoms with van der Waals surface area (Å²) in [7, 11) is 1.61. The predicted octanol–water partition coefficient (Wildman–Crippen LogP) is 4.78. The predicted molar refractivity (Wildman–Crippen MR) is 116 cm³/mol. The number of nitrogens with zero attached hydrogens (tertiary/aromatic N) is 2. The fourth-order valence-corrected chi connectivity index (χ4v) is 4.82. The first-order valence-electron chi connectivity index (χ1n) is 9.66. The Balaban J connectivity index is 1.71. The molecule has 0 N–H and O–H groups in total. The van der Waals surface area contributed by atoms with Crippen molar-refractivity contribution in [3.63, 3.8) is 0 Å². The molecule has 0 radical (unpaired) electrons. The molecule has 0 saturated carbocycles. The molecule has 1 saturated heterocycles. The van der Waals surface area contributed by atoms with Crippen LogP contribution in [0.25, 0.3) is 0 Å². The van der Waals surface area contributed by atoms with E-state index < -0.39 is 5.72 Å². The highest BCUT2D eigenvalue weighted by molar-refractivity contribution is 7.80. The zero-order valence-corrected chi connectivity index (χ0v) is 17.4. The largest absolute Gasteiger partial charge is 0.493 e. The molecule has 0 unspecified atom stereocenters. The lowest BCUT2D eigenvalue weighted by Gasteiger charge is -2.55. The topological polar surface area (TPSA) is 55.2 Å². The summed E-state index contributed by atoms with van der Waals surface area (Å²) in [5.74, 6) is 1.20. The van der Waals surface area contributed by atoms with Gasteiger partial charge < -0.3 is 13.9 Å². The van der Waals surface area contributed by atoms with Crippen LogP contribution in [-0.2, 0) is 0 Å². The van der Waals surface area contributed by atoms with Crippen molar-refractivity contribution < 1.29 is 18.7 Å². The SMILES string of the molecule is COc1cccc2c1O[C@@]1(C)C[C@H]2N(C(=O)c2ccco2)C(=S)N1c1ccccc1. The van der Waals surface area contributed by atoms with Gasteiger partial charge in [-0.25, -0.2) is 0 Å². The molecule has 2 bridgehead atoms. The Labute approximate surface area is 179 Å². The summed E-state index contributed by atoms with van der Waals surface area (Å²) >= 11 is 5.88. The molecule has 2 aliphatic rings. The summed E-state index contributed by atoms with van der Waals surface area (Å²) in [4.78, 5) is 17.0. The molecule has 1 aromatic heterocycles. The number of furan rings is 1. The molecule has 1 amide bonds. The van der Waals surface area contributed by atoms with Crippen LogP contribution in [0.15, 0.2) is 71.3 Å². The molecule has 2 aliphatic heterocycles. The third kappa shape index (κ3) is 2.69. The molecule has 3 heterocycles. The number of amides is 1. The van der Waals surface area contributed by atoms with Crippen LogP contribution in [0.5, 0.6) is 11.5 Å². The van der Waals surface area contributed by atoms with E-state index in [9.17, 15) is 4.79 Å². The summed E-state index contributed by atoms with van der Waals surface area (Å²) in [6.07, 6.45) is 2.02. The minimum Gasteiger partial charge on any atom is -0.493 e. The normalized spacial score (nSPS) is 22.3. The second-order valence-electron chi connectivity index (χ2n) is 7.48. The maximum Gasteiger partial charge on any atom is 0.296 e. The number of fused-ring (bicyclic) bond motifs is 4. The molecule has 152 valence electrons. The third-order valence-corrected chi connectivity index (χ3v) is 6.01. The highest BCUT2D eigenvalue weighted by Crippen LogP contribution is 2.52. The van der Waals surface area contributed by atoms with Crippen LogP contribution >= 0.6 is 12.2 Å². The van der Waals surface area contributed by atoms with Crippen molar-refractivity contribution in [1.29, 1.82) is 0 Å². The van der Waals surface area contributed by atoms with E-state index in [1.165, 1.54) is 6.26 Å². The van der Waals surface area contributed by atoms with Gasteiger partial charge in [-0.2, -0.15) is 0 Å². The van der Waals surface area contributed by atoms with Crippen molar-refractivity contribution >= 4 is 28.9 Å². The number of hydrogen-bond acceptors (Lipinski definition) is 5. The quantitative estimate of drug-likeness (QED) is 0.569. The molecular formula is C23H20N2O4S. The van der Waals surface area contributed by atoms with E-state index in [1.807, 2.05) is 60.4 Å². The standard InChI is InChI=1S/C23H20N2O4S/c1-23-14-17(16-10-6-11-18(27-2)20(16)29-23)24(21(26)19-12-7-13-28-19)22(30)25(23)15-8-4-3-5-9-15/h3-13,17H,14H2,1-2H3/t17-,23+/m1/s1. The van der Waals surface area contributed by atoms with Crippen LogP contribution in [0, 0.1) is 0 Å². The van der Waals surface area contributed by atoms with Gasteiger partial charge in [-0.1, -0.05) is 30.3 Å². The van der Waals surface area contributed by atoms with Gasteiger partial charge in [0.05, 0.1) is 19.4 Å². The number of carbonyl (C=O) groups is 1. The fourth-order valence-electron chi connectivity index (χ4n) is 4.31. The first-order chi connectivity index (χ1) is 14.5. The van der Waals surface area contributed by atoms with Crippen molar-refractivity contribution in [3.05, 3.63) is 78.3 Å².